The fourth-order valence-corrected chi connectivity index (χ4v) is 3.57. The number of anilines is 1. The van der Waals surface area contributed by atoms with E-state index in [0.29, 0.717) is 22.8 Å². The lowest BCUT2D eigenvalue weighted by Crippen LogP contribution is -2.35. The lowest BCUT2D eigenvalue weighted by atomic mass is 10.0. The van der Waals surface area contributed by atoms with Crippen molar-refractivity contribution in [1.82, 2.24) is 10.4 Å². The minimum atomic E-state index is -0.501. The van der Waals surface area contributed by atoms with E-state index in [2.05, 4.69) is 20.8 Å². The largest absolute Gasteiger partial charge is 0.507 e. The monoisotopic (exact) mass is 382 g/mol. The number of para-hydroxylation sites is 1. The quantitative estimate of drug-likeness (QED) is 0.443. The Balaban J connectivity index is 1.69. The molecule has 3 aromatic rings. The molecule has 0 spiro atoms. The van der Waals surface area contributed by atoms with Crippen molar-refractivity contribution < 1.29 is 9.90 Å². The van der Waals surface area contributed by atoms with Crippen LogP contribution in [-0.4, -0.2) is 27.8 Å². The van der Waals surface area contributed by atoms with Crippen LogP contribution in [0.25, 0.3) is 10.2 Å². The molecule has 3 rings (SSSR count). The van der Waals surface area contributed by atoms with Gasteiger partial charge in [0.1, 0.15) is 11.8 Å². The Morgan fingerprint density at radius 3 is 2.81 bits per heavy atom. The molecule has 0 aliphatic heterocycles. The second-order valence-electron chi connectivity index (χ2n) is 6.26. The van der Waals surface area contributed by atoms with Gasteiger partial charge in [-0.3, -0.25) is 4.79 Å². The highest BCUT2D eigenvalue weighted by Crippen LogP contribution is 2.25. The van der Waals surface area contributed by atoms with E-state index in [4.69, 9.17) is 0 Å². The molecule has 1 aromatic heterocycles. The average molecular weight is 382 g/mol. The molecule has 0 radical (unpaired) electrons. The summed E-state index contributed by atoms with van der Waals surface area (Å²) in [5, 5.41) is 18.1. The molecule has 1 amide bonds. The molecule has 1 atom stereocenters. The molecule has 0 unspecified atom stereocenters. The van der Waals surface area contributed by atoms with Gasteiger partial charge >= 0.3 is 0 Å². The van der Waals surface area contributed by atoms with Gasteiger partial charge in [-0.2, -0.15) is 5.10 Å². The number of rotatable bonds is 6. The van der Waals surface area contributed by atoms with E-state index >= 15 is 0 Å². The molecule has 1 heterocycles. The zero-order valence-corrected chi connectivity index (χ0v) is 16.3. The predicted octanol–water partition coefficient (Wildman–Crippen LogP) is 4.04. The van der Waals surface area contributed by atoms with Crippen LogP contribution in [-0.2, 0) is 4.79 Å². The van der Waals surface area contributed by atoms with Crippen LogP contribution in [0.15, 0.2) is 47.6 Å². The van der Waals surface area contributed by atoms with Crippen LogP contribution in [0.1, 0.15) is 31.4 Å². The second-order valence-corrected chi connectivity index (χ2v) is 7.29. The Kier molecular flexibility index (Phi) is 5.71. The number of nitrogens with one attached hydrogen (secondary N) is 2. The summed E-state index contributed by atoms with van der Waals surface area (Å²) in [6, 6.07) is 12.6. The van der Waals surface area contributed by atoms with Gasteiger partial charge in [0.05, 0.1) is 15.9 Å². The van der Waals surface area contributed by atoms with Crippen molar-refractivity contribution in [2.75, 3.05) is 5.32 Å². The summed E-state index contributed by atoms with van der Waals surface area (Å²) in [6.07, 6.45) is 0.580. The van der Waals surface area contributed by atoms with Gasteiger partial charge in [-0.05, 0) is 44.5 Å². The van der Waals surface area contributed by atoms with Crippen LogP contribution in [0.5, 0.6) is 5.75 Å². The number of hydrazone groups is 1. The highest BCUT2D eigenvalue weighted by atomic mass is 32.1. The fraction of sp³-hybridized carbons (Fsp3) is 0.250. The summed E-state index contributed by atoms with van der Waals surface area (Å²) in [5.41, 5.74) is 5.75. The lowest BCUT2D eigenvalue weighted by molar-refractivity contribution is -0.121. The third kappa shape index (κ3) is 4.43. The number of hydrogen-bond acceptors (Lipinski definition) is 6. The molecule has 6 nitrogen and oxygen atoms in total. The van der Waals surface area contributed by atoms with E-state index in [0.717, 1.165) is 15.8 Å². The fourth-order valence-electron chi connectivity index (χ4n) is 2.61. The summed E-state index contributed by atoms with van der Waals surface area (Å²) in [5.74, 6) is -0.122. The highest BCUT2D eigenvalue weighted by molar-refractivity contribution is 7.22. The summed E-state index contributed by atoms with van der Waals surface area (Å²) >= 11 is 1.50. The van der Waals surface area contributed by atoms with Gasteiger partial charge in [0.2, 0.25) is 0 Å². The second kappa shape index (κ2) is 8.18. The number of carbonyl (C=O) groups is 1. The van der Waals surface area contributed by atoms with Gasteiger partial charge in [0.25, 0.3) is 5.91 Å². The first kappa shape index (κ1) is 18.8. The summed E-state index contributed by atoms with van der Waals surface area (Å²) < 4.78 is 1.06. The number of nitrogens with zero attached hydrogens (tertiary/aromatic N) is 2. The Bertz CT molecular complexity index is 964. The minimum absolute atomic E-state index is 0.149. The average Bonchev–Trinajstić information content (AvgIpc) is 3.06. The van der Waals surface area contributed by atoms with E-state index < -0.39 is 6.04 Å². The van der Waals surface area contributed by atoms with Crippen LogP contribution in [0.3, 0.4) is 0 Å². The Labute approximate surface area is 162 Å². The first-order chi connectivity index (χ1) is 13.0. The molecule has 7 heteroatoms. The van der Waals surface area contributed by atoms with Crippen molar-refractivity contribution in [3.63, 3.8) is 0 Å². The molecular formula is C20H22N4O2S. The molecule has 0 saturated heterocycles. The minimum Gasteiger partial charge on any atom is -0.507 e. The van der Waals surface area contributed by atoms with E-state index in [1.54, 1.807) is 13.0 Å². The number of thiazole rings is 1. The van der Waals surface area contributed by atoms with E-state index in [-0.39, 0.29) is 11.7 Å². The Morgan fingerprint density at radius 2 is 2.07 bits per heavy atom. The number of benzene rings is 2. The zero-order valence-electron chi connectivity index (χ0n) is 15.5. The van der Waals surface area contributed by atoms with Gasteiger partial charge < -0.3 is 10.4 Å². The van der Waals surface area contributed by atoms with Crippen molar-refractivity contribution in [3.05, 3.63) is 53.6 Å². The van der Waals surface area contributed by atoms with Crippen LogP contribution >= 0.6 is 11.3 Å². The van der Waals surface area contributed by atoms with Crippen molar-refractivity contribution in [3.8, 4) is 5.75 Å². The normalized spacial score (nSPS) is 12.8. The van der Waals surface area contributed by atoms with Gasteiger partial charge in [0, 0.05) is 5.56 Å². The van der Waals surface area contributed by atoms with Crippen LogP contribution in [0.2, 0.25) is 0 Å². The number of aryl methyl sites for hydroxylation is 1. The number of amides is 1. The van der Waals surface area contributed by atoms with Crippen molar-refractivity contribution in [2.24, 2.45) is 5.10 Å². The molecule has 2 aromatic carbocycles. The molecule has 27 heavy (non-hydrogen) atoms. The third-order valence-electron chi connectivity index (χ3n) is 4.13. The standard InChI is InChI=1S/C20H22N4O2S/c1-4-15(14-11-12(2)9-10-17(14)25)23-24-19(26)13(3)21-20-22-16-7-5-6-8-18(16)27-20/h5-11,13,25H,4H2,1-3H3,(H,21,22)(H,24,26)/b23-15+/t13-/m1/s1. The topological polar surface area (TPSA) is 86.6 Å². The maximum Gasteiger partial charge on any atom is 0.262 e. The highest BCUT2D eigenvalue weighted by Gasteiger charge is 2.15. The maximum atomic E-state index is 12.4. The summed E-state index contributed by atoms with van der Waals surface area (Å²) in [4.78, 5) is 16.9. The molecule has 0 aliphatic carbocycles. The van der Waals surface area contributed by atoms with Crippen LogP contribution in [0, 0.1) is 6.92 Å². The number of aromatic nitrogens is 1. The first-order valence-corrected chi connectivity index (χ1v) is 9.58. The Hall–Kier alpha value is -2.93. The SMILES string of the molecule is CC/C(=N\NC(=O)[C@@H](C)Nc1nc2ccccc2s1)c1cc(C)ccc1O. The van der Waals surface area contributed by atoms with Crippen molar-refractivity contribution in [1.29, 1.82) is 0 Å². The molecule has 0 fully saturated rings. The van der Waals surface area contributed by atoms with Gasteiger partial charge in [0.15, 0.2) is 5.13 Å². The number of phenols is 1. The molecule has 0 bridgehead atoms. The number of fused-ring (bicyclic) bond motifs is 1. The molecule has 0 aliphatic rings. The number of phenolic OH excluding ortho intramolecular Hbond substituents is 1. The van der Waals surface area contributed by atoms with Gasteiger partial charge in [-0.15, -0.1) is 0 Å². The van der Waals surface area contributed by atoms with E-state index in [1.807, 2.05) is 50.2 Å². The third-order valence-corrected chi connectivity index (χ3v) is 5.09. The van der Waals surface area contributed by atoms with Crippen molar-refractivity contribution >= 4 is 38.3 Å². The summed E-state index contributed by atoms with van der Waals surface area (Å²) in [6.45, 7) is 5.63. The number of aromatic hydroxyl groups is 1. The van der Waals surface area contributed by atoms with E-state index in [1.165, 1.54) is 11.3 Å². The lowest BCUT2D eigenvalue weighted by Gasteiger charge is -2.12. The van der Waals surface area contributed by atoms with Gasteiger partial charge in [-0.25, -0.2) is 10.4 Å². The molecular weight excluding hydrogens is 360 g/mol. The van der Waals surface area contributed by atoms with Crippen LogP contribution in [0.4, 0.5) is 5.13 Å². The Morgan fingerprint density at radius 1 is 1.30 bits per heavy atom. The smallest absolute Gasteiger partial charge is 0.262 e. The van der Waals surface area contributed by atoms with Crippen molar-refractivity contribution in [2.45, 2.75) is 33.2 Å². The number of hydrogen-bond donors (Lipinski definition) is 3. The van der Waals surface area contributed by atoms with Gasteiger partial charge in [-0.1, -0.05) is 42.0 Å². The predicted molar refractivity (Wildman–Crippen MR) is 111 cm³/mol. The first-order valence-electron chi connectivity index (χ1n) is 8.76. The number of carbonyl (C=O) groups excluding carboxylic acids is 1. The summed E-state index contributed by atoms with van der Waals surface area (Å²) in [7, 11) is 0. The molecule has 3 N–H and O–H groups in total. The van der Waals surface area contributed by atoms with E-state index in [9.17, 15) is 9.90 Å². The molecule has 0 saturated carbocycles. The zero-order chi connectivity index (χ0) is 19.4. The molecule has 140 valence electrons. The maximum absolute atomic E-state index is 12.4. The van der Waals surface area contributed by atoms with Crippen LogP contribution < -0.4 is 10.7 Å².